The van der Waals surface area contributed by atoms with Gasteiger partial charge in [0.2, 0.25) is 5.91 Å². The van der Waals surface area contributed by atoms with Gasteiger partial charge in [0.05, 0.1) is 0 Å². The molecule has 0 unspecified atom stereocenters. The number of carbonyl (C=O) groups is 2. The van der Waals surface area contributed by atoms with Crippen molar-refractivity contribution in [3.05, 3.63) is 0 Å². The molecular formula is C13H24N2O2. The van der Waals surface area contributed by atoms with Gasteiger partial charge in [0.25, 0.3) is 0 Å². The molecule has 1 rings (SSSR count). The summed E-state index contributed by atoms with van der Waals surface area (Å²) < 4.78 is 0. The predicted molar refractivity (Wildman–Crippen MR) is 67.3 cm³/mol. The molecule has 0 radical (unpaired) electrons. The summed E-state index contributed by atoms with van der Waals surface area (Å²) in [6.07, 6.45) is 9.36. The van der Waals surface area contributed by atoms with Gasteiger partial charge in [0, 0.05) is 5.92 Å². The Kier molecular flexibility index (Phi) is 6.01. The van der Waals surface area contributed by atoms with E-state index in [4.69, 9.17) is 5.73 Å². The fraction of sp³-hybridized carbons (Fsp3) is 0.846. The van der Waals surface area contributed by atoms with E-state index in [9.17, 15) is 9.59 Å². The van der Waals surface area contributed by atoms with Crippen LogP contribution in [0.1, 0.15) is 58.3 Å². The van der Waals surface area contributed by atoms with Crippen LogP contribution in [0.4, 0.5) is 4.79 Å². The molecule has 0 aromatic heterocycles. The highest BCUT2D eigenvalue weighted by molar-refractivity contribution is 5.94. The third-order valence-corrected chi connectivity index (χ3v) is 3.76. The molecule has 1 aliphatic rings. The number of primary amides is 1. The largest absolute Gasteiger partial charge is 0.351 e. The summed E-state index contributed by atoms with van der Waals surface area (Å²) in [5.41, 5.74) is 4.95. The maximum Gasteiger partial charge on any atom is 0.318 e. The Morgan fingerprint density at radius 2 is 1.94 bits per heavy atom. The van der Waals surface area contributed by atoms with Crippen LogP contribution in [-0.4, -0.2) is 11.9 Å². The van der Waals surface area contributed by atoms with Gasteiger partial charge in [-0.1, -0.05) is 39.0 Å². The molecule has 0 saturated heterocycles. The van der Waals surface area contributed by atoms with Gasteiger partial charge < -0.3 is 5.73 Å². The van der Waals surface area contributed by atoms with Gasteiger partial charge >= 0.3 is 6.03 Å². The quantitative estimate of drug-likeness (QED) is 0.775. The maximum atomic E-state index is 11.6. The third-order valence-electron chi connectivity index (χ3n) is 3.76. The third kappa shape index (κ3) is 5.20. The van der Waals surface area contributed by atoms with Gasteiger partial charge in [0.1, 0.15) is 0 Å². The molecule has 0 spiro atoms. The van der Waals surface area contributed by atoms with Crippen LogP contribution in [0.25, 0.3) is 0 Å². The first-order valence-corrected chi connectivity index (χ1v) is 6.73. The molecule has 0 aromatic carbocycles. The molecule has 3 N–H and O–H groups in total. The zero-order valence-electron chi connectivity index (χ0n) is 10.7. The van der Waals surface area contributed by atoms with Crippen molar-refractivity contribution >= 4 is 11.9 Å². The van der Waals surface area contributed by atoms with Crippen molar-refractivity contribution < 1.29 is 9.59 Å². The van der Waals surface area contributed by atoms with E-state index >= 15 is 0 Å². The summed E-state index contributed by atoms with van der Waals surface area (Å²) in [6.45, 7) is 1.98. The summed E-state index contributed by atoms with van der Waals surface area (Å²) in [6, 6.07) is -0.744. The number of imide groups is 1. The van der Waals surface area contributed by atoms with Crippen molar-refractivity contribution in [2.45, 2.75) is 58.3 Å². The summed E-state index contributed by atoms with van der Waals surface area (Å²) in [7, 11) is 0. The second-order valence-electron chi connectivity index (χ2n) is 5.04. The zero-order valence-corrected chi connectivity index (χ0v) is 10.7. The van der Waals surface area contributed by atoms with Crippen LogP contribution in [0.5, 0.6) is 0 Å². The van der Waals surface area contributed by atoms with Crippen LogP contribution in [-0.2, 0) is 4.79 Å². The zero-order chi connectivity index (χ0) is 12.7. The van der Waals surface area contributed by atoms with Crippen molar-refractivity contribution in [2.24, 2.45) is 17.6 Å². The van der Waals surface area contributed by atoms with Gasteiger partial charge in [-0.05, 0) is 25.2 Å². The number of hydrogen-bond acceptors (Lipinski definition) is 2. The summed E-state index contributed by atoms with van der Waals surface area (Å²) in [5, 5.41) is 2.18. The van der Waals surface area contributed by atoms with Crippen LogP contribution in [0.15, 0.2) is 0 Å². The second-order valence-corrected chi connectivity index (χ2v) is 5.04. The average Bonchev–Trinajstić information content (AvgIpc) is 2.30. The molecule has 1 fully saturated rings. The van der Waals surface area contributed by atoms with Gasteiger partial charge in [-0.2, -0.15) is 0 Å². The van der Waals surface area contributed by atoms with Crippen LogP contribution in [0.3, 0.4) is 0 Å². The molecule has 1 atom stereocenters. The number of hydrogen-bond donors (Lipinski definition) is 2. The minimum atomic E-state index is -0.744. The molecule has 3 amide bonds. The Balaban J connectivity index is 2.30. The standard InChI is InChI=1S/C13H24N2O2/c1-2-11(12(16)15-13(14)17)9-8-10-6-4-3-5-7-10/h10-11H,2-9H2,1H3,(H3,14,15,16,17)/t11-/m0/s1. The first-order valence-electron chi connectivity index (χ1n) is 6.73. The molecule has 17 heavy (non-hydrogen) atoms. The molecular weight excluding hydrogens is 216 g/mol. The van der Waals surface area contributed by atoms with Crippen molar-refractivity contribution in [1.29, 1.82) is 0 Å². The number of nitrogens with two attached hydrogens (primary N) is 1. The van der Waals surface area contributed by atoms with Crippen molar-refractivity contribution in [2.75, 3.05) is 0 Å². The first-order chi connectivity index (χ1) is 8.13. The number of urea groups is 1. The average molecular weight is 240 g/mol. The van der Waals surface area contributed by atoms with Gasteiger partial charge in [0.15, 0.2) is 0 Å². The SMILES string of the molecule is CC[C@@H](CCC1CCCCC1)C(=O)NC(N)=O. The van der Waals surface area contributed by atoms with E-state index in [2.05, 4.69) is 5.32 Å². The van der Waals surface area contributed by atoms with Crippen molar-refractivity contribution in [3.8, 4) is 0 Å². The lowest BCUT2D eigenvalue weighted by atomic mass is 9.83. The highest BCUT2D eigenvalue weighted by Crippen LogP contribution is 2.29. The van der Waals surface area contributed by atoms with E-state index in [1.165, 1.54) is 32.1 Å². The molecule has 1 aliphatic carbocycles. The van der Waals surface area contributed by atoms with E-state index in [1.54, 1.807) is 0 Å². The lowest BCUT2D eigenvalue weighted by Gasteiger charge is -2.23. The van der Waals surface area contributed by atoms with Gasteiger partial charge in [-0.3, -0.25) is 10.1 Å². The van der Waals surface area contributed by atoms with E-state index in [-0.39, 0.29) is 11.8 Å². The van der Waals surface area contributed by atoms with Crippen LogP contribution in [0.2, 0.25) is 0 Å². The minimum Gasteiger partial charge on any atom is -0.351 e. The fourth-order valence-electron chi connectivity index (χ4n) is 2.66. The Bertz CT molecular complexity index is 260. The maximum absolute atomic E-state index is 11.6. The minimum absolute atomic E-state index is 0.0653. The summed E-state index contributed by atoms with van der Waals surface area (Å²) >= 11 is 0. The normalized spacial score (nSPS) is 18.6. The van der Waals surface area contributed by atoms with Crippen LogP contribution in [0, 0.1) is 11.8 Å². The lowest BCUT2D eigenvalue weighted by Crippen LogP contribution is -2.39. The molecule has 4 heteroatoms. The number of rotatable bonds is 5. The Labute approximate surface area is 103 Å². The van der Waals surface area contributed by atoms with Crippen LogP contribution >= 0.6 is 0 Å². The number of nitrogens with one attached hydrogen (secondary N) is 1. The topological polar surface area (TPSA) is 72.2 Å². The molecule has 98 valence electrons. The second kappa shape index (κ2) is 7.30. The highest BCUT2D eigenvalue weighted by atomic mass is 16.2. The molecule has 4 nitrogen and oxygen atoms in total. The highest BCUT2D eigenvalue weighted by Gasteiger charge is 2.20. The number of carbonyl (C=O) groups excluding carboxylic acids is 2. The molecule has 0 aliphatic heterocycles. The smallest absolute Gasteiger partial charge is 0.318 e. The summed E-state index contributed by atoms with van der Waals surface area (Å²) in [4.78, 5) is 22.3. The fourth-order valence-corrected chi connectivity index (χ4v) is 2.66. The monoisotopic (exact) mass is 240 g/mol. The van der Waals surface area contributed by atoms with E-state index in [0.29, 0.717) is 0 Å². The number of amides is 3. The molecule has 0 aromatic rings. The van der Waals surface area contributed by atoms with E-state index in [0.717, 1.165) is 25.2 Å². The lowest BCUT2D eigenvalue weighted by molar-refractivity contribution is -0.124. The van der Waals surface area contributed by atoms with Crippen molar-refractivity contribution in [1.82, 2.24) is 5.32 Å². The van der Waals surface area contributed by atoms with E-state index < -0.39 is 6.03 Å². The van der Waals surface area contributed by atoms with Crippen molar-refractivity contribution in [3.63, 3.8) is 0 Å². The predicted octanol–water partition coefficient (Wildman–Crippen LogP) is 2.57. The Morgan fingerprint density at radius 3 is 2.47 bits per heavy atom. The summed E-state index contributed by atoms with van der Waals surface area (Å²) in [5.74, 6) is 0.499. The van der Waals surface area contributed by atoms with Gasteiger partial charge in [-0.25, -0.2) is 4.79 Å². The van der Waals surface area contributed by atoms with E-state index in [1.807, 2.05) is 6.92 Å². The van der Waals surface area contributed by atoms with Gasteiger partial charge in [-0.15, -0.1) is 0 Å². The molecule has 0 heterocycles. The van der Waals surface area contributed by atoms with Crippen LogP contribution < -0.4 is 11.1 Å². The molecule has 1 saturated carbocycles. The first kappa shape index (κ1) is 14.0. The Hall–Kier alpha value is -1.06. The molecule has 0 bridgehead atoms. The Morgan fingerprint density at radius 1 is 1.29 bits per heavy atom.